The van der Waals surface area contributed by atoms with Crippen LogP contribution >= 0.6 is 0 Å². The fraction of sp³-hybridized carbons (Fsp3) is 0.500. The van der Waals surface area contributed by atoms with Gasteiger partial charge in [0, 0.05) is 13.1 Å². The Labute approximate surface area is 54.9 Å². The summed E-state index contributed by atoms with van der Waals surface area (Å²) in [5.74, 6) is -0.153. The van der Waals surface area contributed by atoms with Crippen LogP contribution in [0.1, 0.15) is 6.92 Å². The van der Waals surface area contributed by atoms with Crippen LogP contribution < -0.4 is 0 Å². The molecule has 0 N–H and O–H groups in total. The van der Waals surface area contributed by atoms with Crippen molar-refractivity contribution in [2.24, 2.45) is 0 Å². The number of hydrogen-bond acceptors (Lipinski definition) is 2. The van der Waals surface area contributed by atoms with Crippen molar-refractivity contribution < 1.29 is 9.63 Å². The van der Waals surface area contributed by atoms with Crippen molar-refractivity contribution in [1.29, 1.82) is 0 Å². The largest absolute Gasteiger partial charge is 0.274 e. The number of carbonyl (C=O) groups is 1. The lowest BCUT2D eigenvalue weighted by Crippen LogP contribution is -2.22. The van der Waals surface area contributed by atoms with Gasteiger partial charge in [0.15, 0.2) is 0 Å². The van der Waals surface area contributed by atoms with Crippen LogP contribution in [0.4, 0.5) is 0 Å². The van der Waals surface area contributed by atoms with Gasteiger partial charge in [-0.3, -0.25) is 9.63 Å². The van der Waals surface area contributed by atoms with E-state index >= 15 is 0 Å². The van der Waals surface area contributed by atoms with Gasteiger partial charge in [0.1, 0.15) is 0 Å². The lowest BCUT2D eigenvalue weighted by molar-refractivity contribution is -0.162. The highest BCUT2D eigenvalue weighted by Gasteiger charge is 1.99. The number of likely N-dealkylation sites (N-methyl/N-ethyl adjacent to an activating group) is 1. The van der Waals surface area contributed by atoms with Crippen molar-refractivity contribution in [3.8, 4) is 0 Å². The molecule has 3 heteroatoms. The Hall–Kier alpha value is -0.830. The molecule has 0 aromatic rings. The smallest absolute Gasteiger partial charge is 0.269 e. The number of nitrogens with zero attached hydrogens (tertiary/aromatic N) is 1. The van der Waals surface area contributed by atoms with Gasteiger partial charge in [-0.25, -0.2) is 5.06 Å². The fourth-order valence-corrected chi connectivity index (χ4v) is 0.338. The van der Waals surface area contributed by atoms with Crippen molar-refractivity contribution in [2.45, 2.75) is 6.92 Å². The first-order valence-electron chi connectivity index (χ1n) is 2.67. The van der Waals surface area contributed by atoms with E-state index in [9.17, 15) is 4.79 Å². The summed E-state index contributed by atoms with van der Waals surface area (Å²) in [6, 6.07) is 0. The Kier molecular flexibility index (Phi) is 3.71. The molecular weight excluding hydrogens is 118 g/mol. The van der Waals surface area contributed by atoms with Crippen LogP contribution in [-0.2, 0) is 9.63 Å². The molecule has 0 radical (unpaired) electrons. The second kappa shape index (κ2) is 4.09. The Bertz CT molecular complexity index is 120. The molecule has 0 unspecified atom stereocenters. The van der Waals surface area contributed by atoms with Crippen molar-refractivity contribution in [1.82, 2.24) is 5.06 Å². The zero-order chi connectivity index (χ0) is 7.28. The monoisotopic (exact) mass is 129 g/mol. The van der Waals surface area contributed by atoms with Crippen LogP contribution in [0.25, 0.3) is 0 Å². The molecule has 0 aromatic heterocycles. The first kappa shape index (κ1) is 8.17. The third-order valence-corrected chi connectivity index (χ3v) is 0.893. The maximum atomic E-state index is 10.7. The third-order valence-electron chi connectivity index (χ3n) is 0.893. The van der Waals surface area contributed by atoms with Gasteiger partial charge in [0.05, 0.1) is 7.11 Å². The van der Waals surface area contributed by atoms with Gasteiger partial charge >= 0.3 is 0 Å². The highest BCUT2D eigenvalue weighted by atomic mass is 16.7. The van der Waals surface area contributed by atoms with Gasteiger partial charge in [0.2, 0.25) is 0 Å². The van der Waals surface area contributed by atoms with Crippen LogP contribution in [-0.4, -0.2) is 25.1 Å². The lowest BCUT2D eigenvalue weighted by atomic mass is 10.5. The average Bonchev–Trinajstić information content (AvgIpc) is 1.87. The highest BCUT2D eigenvalue weighted by Crippen LogP contribution is 1.84. The maximum Gasteiger partial charge on any atom is 0.269 e. The quantitative estimate of drug-likeness (QED) is 0.403. The summed E-state index contributed by atoms with van der Waals surface area (Å²) in [7, 11) is 3.00. The molecule has 52 valence electrons. The minimum atomic E-state index is -0.153. The van der Waals surface area contributed by atoms with Gasteiger partial charge in [-0.05, 0) is 6.92 Å². The third kappa shape index (κ3) is 2.87. The van der Waals surface area contributed by atoms with Crippen LogP contribution in [0.15, 0.2) is 12.2 Å². The van der Waals surface area contributed by atoms with Crippen molar-refractivity contribution in [2.75, 3.05) is 14.2 Å². The van der Waals surface area contributed by atoms with E-state index < -0.39 is 0 Å². The Morgan fingerprint density at radius 2 is 2.22 bits per heavy atom. The molecule has 3 nitrogen and oxygen atoms in total. The van der Waals surface area contributed by atoms with Gasteiger partial charge in [-0.15, -0.1) is 0 Å². The minimum absolute atomic E-state index is 0.153. The lowest BCUT2D eigenvalue weighted by Gasteiger charge is -2.09. The molecule has 0 saturated heterocycles. The zero-order valence-corrected chi connectivity index (χ0v) is 5.92. The normalized spacial score (nSPS) is 10.1. The first-order valence-corrected chi connectivity index (χ1v) is 2.67. The van der Waals surface area contributed by atoms with Crippen molar-refractivity contribution in [3.63, 3.8) is 0 Å². The number of allylic oxidation sites excluding steroid dienone is 1. The molecule has 0 atom stereocenters. The van der Waals surface area contributed by atoms with E-state index in [2.05, 4.69) is 4.84 Å². The molecule has 0 aliphatic heterocycles. The summed E-state index contributed by atoms with van der Waals surface area (Å²) in [4.78, 5) is 15.3. The standard InChI is InChI=1S/C6H11NO2/c1-4-5-6(8)7(2)9-3/h4-5H,1-3H3. The molecule has 0 aliphatic rings. The number of rotatable bonds is 2. The van der Waals surface area contributed by atoms with Gasteiger partial charge in [-0.1, -0.05) is 6.08 Å². The van der Waals surface area contributed by atoms with E-state index in [0.717, 1.165) is 5.06 Å². The molecule has 0 heterocycles. The van der Waals surface area contributed by atoms with Crippen molar-refractivity contribution >= 4 is 5.91 Å². The van der Waals surface area contributed by atoms with Gasteiger partial charge in [-0.2, -0.15) is 0 Å². The number of hydrogen-bond donors (Lipinski definition) is 0. The van der Waals surface area contributed by atoms with Gasteiger partial charge in [0.25, 0.3) is 5.91 Å². The van der Waals surface area contributed by atoms with E-state index in [0.29, 0.717) is 0 Å². The topological polar surface area (TPSA) is 29.5 Å². The molecule has 1 amide bonds. The molecule has 9 heavy (non-hydrogen) atoms. The van der Waals surface area contributed by atoms with E-state index in [1.165, 1.54) is 13.2 Å². The average molecular weight is 129 g/mol. The summed E-state index contributed by atoms with van der Waals surface area (Å²) in [6.45, 7) is 1.78. The summed E-state index contributed by atoms with van der Waals surface area (Å²) >= 11 is 0. The first-order chi connectivity index (χ1) is 4.22. The van der Waals surface area contributed by atoms with Crippen LogP contribution in [0.3, 0.4) is 0 Å². The minimum Gasteiger partial charge on any atom is -0.274 e. The van der Waals surface area contributed by atoms with Gasteiger partial charge < -0.3 is 0 Å². The van der Waals surface area contributed by atoms with E-state index in [1.54, 1.807) is 20.0 Å². The number of carbonyl (C=O) groups excluding carboxylic acids is 1. The summed E-state index contributed by atoms with van der Waals surface area (Å²) < 4.78 is 0. The Morgan fingerprint density at radius 3 is 2.56 bits per heavy atom. The zero-order valence-electron chi connectivity index (χ0n) is 5.92. The summed E-state index contributed by atoms with van der Waals surface area (Å²) in [5, 5.41) is 1.15. The van der Waals surface area contributed by atoms with Crippen molar-refractivity contribution in [3.05, 3.63) is 12.2 Å². The van der Waals surface area contributed by atoms with E-state index in [-0.39, 0.29) is 5.91 Å². The van der Waals surface area contributed by atoms with Crippen LogP contribution in [0, 0.1) is 0 Å². The predicted molar refractivity (Wildman–Crippen MR) is 34.6 cm³/mol. The number of amides is 1. The maximum absolute atomic E-state index is 10.7. The van der Waals surface area contributed by atoms with Crippen LogP contribution in [0.5, 0.6) is 0 Å². The molecule has 0 spiro atoms. The Balaban J connectivity index is 3.73. The molecular formula is C6H11NO2. The van der Waals surface area contributed by atoms with Crippen LogP contribution in [0.2, 0.25) is 0 Å². The molecule has 0 bridgehead atoms. The second-order valence-electron chi connectivity index (χ2n) is 1.52. The molecule has 0 aromatic carbocycles. The Morgan fingerprint density at radius 1 is 1.67 bits per heavy atom. The predicted octanol–water partition coefficient (Wildman–Crippen LogP) is 0.582. The molecule has 0 fully saturated rings. The molecule has 0 saturated carbocycles. The SMILES string of the molecule is CC=CC(=O)N(C)OC. The fourth-order valence-electron chi connectivity index (χ4n) is 0.338. The number of hydroxylamine groups is 2. The highest BCUT2D eigenvalue weighted by molar-refractivity contribution is 5.86. The van der Waals surface area contributed by atoms with E-state index in [4.69, 9.17) is 0 Å². The summed E-state index contributed by atoms with van der Waals surface area (Å²) in [6.07, 6.45) is 3.10. The second-order valence-corrected chi connectivity index (χ2v) is 1.52. The van der Waals surface area contributed by atoms with E-state index in [1.807, 2.05) is 0 Å². The summed E-state index contributed by atoms with van der Waals surface area (Å²) in [5.41, 5.74) is 0. The molecule has 0 rings (SSSR count). The molecule has 0 aliphatic carbocycles.